The van der Waals surface area contributed by atoms with Crippen molar-refractivity contribution >= 4 is 17.6 Å². The summed E-state index contributed by atoms with van der Waals surface area (Å²) in [5, 5.41) is 18.4. The average Bonchev–Trinajstić information content (AvgIpc) is 2.64. The van der Waals surface area contributed by atoms with Crippen LogP contribution in [-0.2, 0) is 4.79 Å². The Morgan fingerprint density at radius 3 is 1.96 bits per heavy atom. The predicted molar refractivity (Wildman–Crippen MR) is 109 cm³/mol. The Labute approximate surface area is 160 Å². The second-order valence-electron chi connectivity index (χ2n) is 7.98. The smallest absolute Gasteiger partial charge is 0.328 e. The molecule has 27 heavy (non-hydrogen) atoms. The number of allylic oxidation sites excluding steroid dienone is 1. The molecule has 0 heterocycles. The first kappa shape index (κ1) is 19.0. The van der Waals surface area contributed by atoms with Gasteiger partial charge in [0.05, 0.1) is 0 Å². The Kier molecular flexibility index (Phi) is 5.50. The van der Waals surface area contributed by atoms with Gasteiger partial charge in [-0.25, -0.2) is 4.79 Å². The van der Waals surface area contributed by atoms with E-state index in [1.54, 1.807) is 18.2 Å². The highest BCUT2D eigenvalue weighted by atomic mass is 16.4. The molecule has 1 fully saturated rings. The van der Waals surface area contributed by atoms with Gasteiger partial charge in [0, 0.05) is 6.08 Å². The summed E-state index contributed by atoms with van der Waals surface area (Å²) < 4.78 is 0. The summed E-state index contributed by atoms with van der Waals surface area (Å²) in [5.74, 6) is -0.683. The van der Waals surface area contributed by atoms with Crippen molar-refractivity contribution in [2.45, 2.75) is 39.5 Å². The molecule has 1 aliphatic carbocycles. The van der Waals surface area contributed by atoms with Crippen molar-refractivity contribution < 1.29 is 15.0 Å². The summed E-state index contributed by atoms with van der Waals surface area (Å²) in [6, 6.07) is 15.4. The highest BCUT2D eigenvalue weighted by Crippen LogP contribution is 2.42. The van der Waals surface area contributed by atoms with Crippen LogP contribution in [0.1, 0.15) is 56.2 Å². The van der Waals surface area contributed by atoms with Crippen LogP contribution in [0.3, 0.4) is 0 Å². The number of phenols is 1. The molecule has 1 aliphatic rings. The third-order valence-electron chi connectivity index (χ3n) is 5.33. The molecule has 0 aliphatic heterocycles. The van der Waals surface area contributed by atoms with Crippen molar-refractivity contribution in [3.63, 3.8) is 0 Å². The van der Waals surface area contributed by atoms with Crippen LogP contribution in [0.5, 0.6) is 5.75 Å². The number of hydrogen-bond acceptors (Lipinski definition) is 2. The van der Waals surface area contributed by atoms with E-state index in [4.69, 9.17) is 5.11 Å². The van der Waals surface area contributed by atoms with Gasteiger partial charge in [0.25, 0.3) is 0 Å². The van der Waals surface area contributed by atoms with E-state index in [0.29, 0.717) is 5.41 Å². The van der Waals surface area contributed by atoms with Crippen LogP contribution in [0.25, 0.3) is 11.6 Å². The molecule has 0 radical (unpaired) electrons. The normalized spacial score (nSPS) is 16.4. The first-order valence-corrected chi connectivity index (χ1v) is 9.37. The highest BCUT2D eigenvalue weighted by molar-refractivity contribution is 5.86. The Morgan fingerprint density at radius 1 is 0.926 bits per heavy atom. The number of benzene rings is 2. The number of aliphatic carboxylic acids is 1. The standard InChI is InChI=1S/C24H26O3/c1-24(2)15-13-20(14-16-24)23(19-8-10-21(25)11-9-19)18-6-3-17(4-7-18)5-12-22(26)27/h3-12,25H,13-16H2,1-2H3,(H,26,27). The minimum atomic E-state index is -0.948. The molecule has 0 unspecified atom stereocenters. The van der Waals surface area contributed by atoms with Crippen molar-refractivity contribution in [1.82, 2.24) is 0 Å². The van der Waals surface area contributed by atoms with E-state index in [1.165, 1.54) is 24.0 Å². The molecule has 3 rings (SSSR count). The number of phenolic OH excluding ortho intramolecular Hbond substituents is 1. The van der Waals surface area contributed by atoms with Gasteiger partial charge >= 0.3 is 5.97 Å². The number of hydrogen-bond donors (Lipinski definition) is 2. The van der Waals surface area contributed by atoms with Crippen molar-refractivity contribution in [1.29, 1.82) is 0 Å². The first-order chi connectivity index (χ1) is 12.8. The van der Waals surface area contributed by atoms with Gasteiger partial charge in [-0.15, -0.1) is 0 Å². The third kappa shape index (κ3) is 4.88. The van der Waals surface area contributed by atoms with Crippen LogP contribution in [0, 0.1) is 5.41 Å². The van der Waals surface area contributed by atoms with Crippen molar-refractivity contribution in [3.05, 3.63) is 76.9 Å². The van der Waals surface area contributed by atoms with Crippen molar-refractivity contribution in [3.8, 4) is 5.75 Å². The minimum Gasteiger partial charge on any atom is -0.508 e. The number of carboxylic acid groups (broad SMARTS) is 1. The topological polar surface area (TPSA) is 57.5 Å². The van der Waals surface area contributed by atoms with Crippen LogP contribution >= 0.6 is 0 Å². The summed E-state index contributed by atoms with van der Waals surface area (Å²) in [4.78, 5) is 10.7. The second kappa shape index (κ2) is 7.83. The molecule has 0 spiro atoms. The number of carboxylic acids is 1. The zero-order valence-electron chi connectivity index (χ0n) is 15.9. The lowest BCUT2D eigenvalue weighted by atomic mass is 9.73. The summed E-state index contributed by atoms with van der Waals surface area (Å²) >= 11 is 0. The average molecular weight is 362 g/mol. The fourth-order valence-corrected chi connectivity index (χ4v) is 3.61. The summed E-state index contributed by atoms with van der Waals surface area (Å²) in [5.41, 5.74) is 6.17. The largest absolute Gasteiger partial charge is 0.508 e. The molecule has 0 bridgehead atoms. The van der Waals surface area contributed by atoms with Crippen LogP contribution in [-0.4, -0.2) is 16.2 Å². The summed E-state index contributed by atoms with van der Waals surface area (Å²) in [6.45, 7) is 4.65. The molecular weight excluding hydrogens is 336 g/mol. The molecule has 0 aromatic heterocycles. The molecule has 1 saturated carbocycles. The van der Waals surface area contributed by atoms with E-state index in [0.717, 1.165) is 35.6 Å². The predicted octanol–water partition coefficient (Wildman–Crippen LogP) is 5.89. The zero-order valence-corrected chi connectivity index (χ0v) is 15.9. The lowest BCUT2D eigenvalue weighted by Crippen LogP contribution is -2.17. The monoisotopic (exact) mass is 362 g/mol. The maximum Gasteiger partial charge on any atom is 0.328 e. The lowest BCUT2D eigenvalue weighted by Gasteiger charge is -2.32. The maximum atomic E-state index is 10.7. The van der Waals surface area contributed by atoms with Gasteiger partial charge in [-0.1, -0.05) is 55.8 Å². The zero-order chi connectivity index (χ0) is 19.4. The molecule has 0 saturated heterocycles. The van der Waals surface area contributed by atoms with E-state index in [9.17, 15) is 9.90 Å². The fraction of sp³-hybridized carbons (Fsp3) is 0.292. The molecular formula is C24H26O3. The van der Waals surface area contributed by atoms with Crippen LogP contribution in [0.2, 0.25) is 0 Å². The van der Waals surface area contributed by atoms with Gasteiger partial charge in [0.15, 0.2) is 0 Å². The quantitative estimate of drug-likeness (QED) is 0.667. The SMILES string of the molecule is CC1(C)CCC(=C(c2ccc(O)cc2)c2ccc(C=CC(=O)O)cc2)CC1. The Balaban J connectivity index is 2.00. The van der Waals surface area contributed by atoms with Gasteiger partial charge in [-0.05, 0) is 71.6 Å². The van der Waals surface area contributed by atoms with Crippen LogP contribution in [0.15, 0.2) is 60.2 Å². The minimum absolute atomic E-state index is 0.266. The highest BCUT2D eigenvalue weighted by Gasteiger charge is 2.25. The summed E-state index contributed by atoms with van der Waals surface area (Å²) in [7, 11) is 0. The maximum absolute atomic E-state index is 10.7. The van der Waals surface area contributed by atoms with E-state index in [-0.39, 0.29) is 5.75 Å². The Hall–Kier alpha value is -2.81. The molecule has 2 N–H and O–H groups in total. The number of rotatable bonds is 4. The van der Waals surface area contributed by atoms with Gasteiger partial charge in [0.2, 0.25) is 0 Å². The molecule has 2 aromatic rings. The number of aromatic hydroxyl groups is 1. The summed E-state index contributed by atoms with van der Waals surface area (Å²) in [6.07, 6.45) is 7.24. The molecule has 3 nitrogen and oxygen atoms in total. The second-order valence-corrected chi connectivity index (χ2v) is 7.98. The van der Waals surface area contributed by atoms with E-state index < -0.39 is 5.97 Å². The number of carbonyl (C=O) groups is 1. The molecule has 2 aromatic carbocycles. The third-order valence-corrected chi connectivity index (χ3v) is 5.33. The van der Waals surface area contributed by atoms with Gasteiger partial charge in [0.1, 0.15) is 5.75 Å². The molecule has 3 heteroatoms. The van der Waals surface area contributed by atoms with E-state index in [1.807, 2.05) is 24.3 Å². The van der Waals surface area contributed by atoms with Gasteiger partial charge in [-0.2, -0.15) is 0 Å². The van der Waals surface area contributed by atoms with E-state index in [2.05, 4.69) is 26.0 Å². The molecule has 140 valence electrons. The van der Waals surface area contributed by atoms with Crippen LogP contribution < -0.4 is 0 Å². The molecule has 0 amide bonds. The van der Waals surface area contributed by atoms with Crippen LogP contribution in [0.4, 0.5) is 0 Å². The molecule has 0 atom stereocenters. The first-order valence-electron chi connectivity index (χ1n) is 9.37. The fourth-order valence-electron chi connectivity index (χ4n) is 3.61. The van der Waals surface area contributed by atoms with Gasteiger partial charge < -0.3 is 10.2 Å². The Morgan fingerprint density at radius 2 is 1.44 bits per heavy atom. The van der Waals surface area contributed by atoms with Crippen molar-refractivity contribution in [2.24, 2.45) is 5.41 Å². The van der Waals surface area contributed by atoms with Crippen molar-refractivity contribution in [2.75, 3.05) is 0 Å². The lowest BCUT2D eigenvalue weighted by molar-refractivity contribution is -0.131. The van der Waals surface area contributed by atoms with Gasteiger partial charge in [-0.3, -0.25) is 0 Å². The Bertz CT molecular complexity index is 857. The van der Waals surface area contributed by atoms with E-state index >= 15 is 0 Å².